The summed E-state index contributed by atoms with van der Waals surface area (Å²) in [4.78, 5) is 82.1. The van der Waals surface area contributed by atoms with Crippen molar-refractivity contribution in [3.05, 3.63) is 214 Å². The van der Waals surface area contributed by atoms with Crippen LogP contribution in [-0.4, -0.2) is 132 Å². The summed E-state index contributed by atoms with van der Waals surface area (Å²) in [7, 11) is 7.91. The second kappa shape index (κ2) is 26.8. The summed E-state index contributed by atoms with van der Waals surface area (Å²) in [5.41, 5.74) is 20.2. The van der Waals surface area contributed by atoms with Crippen LogP contribution in [0.3, 0.4) is 0 Å². The number of rotatable bonds is 24. The Hall–Kier alpha value is -10.2. The third-order valence-electron chi connectivity index (χ3n) is 16.4. The van der Waals surface area contributed by atoms with Gasteiger partial charge in [0.2, 0.25) is 0 Å². The molecular weight excluding hydrogens is 1110 g/mol. The average molecular weight is 1180 g/mol. The van der Waals surface area contributed by atoms with Crippen LogP contribution in [0, 0.1) is 0 Å². The van der Waals surface area contributed by atoms with E-state index in [4.69, 9.17) is 20.0 Å². The molecule has 16 heteroatoms. The molecule has 2 aliphatic heterocycles. The molecule has 448 valence electrons. The Morgan fingerprint density at radius 2 is 0.685 bits per heavy atom. The van der Waals surface area contributed by atoms with Crippen LogP contribution in [0.25, 0.3) is 67.1 Å². The Morgan fingerprint density at radius 1 is 0.371 bits per heavy atom. The minimum absolute atomic E-state index is 0.0877. The molecule has 89 heavy (non-hydrogen) atoms. The summed E-state index contributed by atoms with van der Waals surface area (Å²) in [5.74, 6) is 1.12. The minimum Gasteiger partial charge on any atom is -0.352 e. The zero-order valence-corrected chi connectivity index (χ0v) is 50.7. The molecule has 16 nitrogen and oxygen atoms in total. The van der Waals surface area contributed by atoms with Crippen molar-refractivity contribution in [1.82, 2.24) is 51.0 Å². The van der Waals surface area contributed by atoms with Gasteiger partial charge in [-0.1, -0.05) is 104 Å². The number of hydrogen-bond acceptors (Lipinski definition) is 10. The van der Waals surface area contributed by atoms with Gasteiger partial charge in [0.15, 0.2) is 0 Å². The topological polar surface area (TPSA) is 205 Å². The Bertz CT molecular complexity index is 4040. The molecule has 8 aromatic carbocycles. The number of carbonyl (C=O) groups is 4. The van der Waals surface area contributed by atoms with Gasteiger partial charge in [-0.25, -0.2) is 9.97 Å². The molecule has 0 unspecified atom stereocenters. The average Bonchev–Trinajstić information content (AvgIpc) is 2.14. The number of nitrogens with zero attached hydrogens (tertiary/aromatic N) is 6. The SMILES string of the molecule is CN(C)CCNC(=O)c1ccc(-c2nc3ccc(-c4ccc5c(c4)N=C(c4ccc(C(=O)NCCCCCCCNC(=O)c6ccc(C7=Nc8cc(-c9ccc%10nc(-c%11ccc(C(=O)NCCN(C)C)cc%11)[nH]c%10c9)ccc8C7)cc6)cc4)C5)cc3[nH]2)cc1. The van der Waals surface area contributed by atoms with E-state index in [1.54, 1.807) is 0 Å². The highest BCUT2D eigenvalue weighted by Gasteiger charge is 2.21. The fraction of sp³-hybridized carbons (Fsp3) is 0.233. The van der Waals surface area contributed by atoms with Gasteiger partial charge in [0.05, 0.1) is 44.9 Å². The second-order valence-electron chi connectivity index (χ2n) is 23.5. The number of carbonyl (C=O) groups excluding carboxylic acids is 4. The van der Waals surface area contributed by atoms with E-state index in [-0.39, 0.29) is 23.6 Å². The molecule has 0 atom stereocenters. The van der Waals surface area contributed by atoms with Crippen molar-refractivity contribution in [3.63, 3.8) is 0 Å². The number of aromatic nitrogens is 4. The molecule has 0 radical (unpaired) electrons. The molecule has 12 rings (SSSR count). The number of H-pyrrole nitrogens is 2. The van der Waals surface area contributed by atoms with E-state index in [0.29, 0.717) is 48.4 Å². The summed E-state index contributed by atoms with van der Waals surface area (Å²) < 4.78 is 0. The number of aromatic amines is 2. The van der Waals surface area contributed by atoms with Crippen molar-refractivity contribution in [1.29, 1.82) is 0 Å². The first kappa shape index (κ1) is 59.2. The second-order valence-corrected chi connectivity index (χ2v) is 23.5. The lowest BCUT2D eigenvalue weighted by Gasteiger charge is -2.10. The van der Waals surface area contributed by atoms with Crippen molar-refractivity contribution in [2.75, 3.05) is 67.5 Å². The minimum atomic E-state index is -0.0930. The first-order chi connectivity index (χ1) is 43.3. The summed E-state index contributed by atoms with van der Waals surface area (Å²) in [6.45, 7) is 3.93. The zero-order chi connectivity index (χ0) is 61.4. The molecule has 0 bridgehead atoms. The number of imidazole rings is 2. The molecule has 4 amide bonds. The Labute approximate surface area is 518 Å². The monoisotopic (exact) mass is 1180 g/mol. The van der Waals surface area contributed by atoms with Gasteiger partial charge < -0.3 is 41.0 Å². The van der Waals surface area contributed by atoms with Crippen LogP contribution in [0.5, 0.6) is 0 Å². The Morgan fingerprint density at radius 3 is 1.06 bits per heavy atom. The summed E-state index contributed by atoms with van der Waals surface area (Å²) in [6, 6.07) is 55.7. The summed E-state index contributed by atoms with van der Waals surface area (Å²) in [5, 5.41) is 12.1. The standard InChI is InChI=1S/C73H72N12O4/c1-84(2)38-36-76-72(88)52-22-14-48(15-23-52)68-80-60-32-30-56(42-66(60)82-68)54-26-28-58-44-62(78-64(58)40-54)46-10-18-50(19-11-46)70(86)74-34-8-6-5-7-9-35-75-71(87)51-20-12-47(13-21-51)63-45-59-29-27-55(41-65(59)79-63)57-31-33-61-67(43-57)83-69(81-61)49-16-24-53(25-17-49)73(89)77-37-39-85(3)4/h10-33,40-43H,5-9,34-39,44-45H2,1-4H3,(H,74,86)(H,75,87)(H,76,88)(H,77,89)(H,80,82)(H,81,83). The van der Waals surface area contributed by atoms with Gasteiger partial charge in [0.25, 0.3) is 23.6 Å². The van der Waals surface area contributed by atoms with Crippen LogP contribution in [0.1, 0.15) is 95.8 Å². The molecule has 0 spiro atoms. The van der Waals surface area contributed by atoms with Gasteiger partial charge in [0.1, 0.15) is 11.6 Å². The van der Waals surface area contributed by atoms with Crippen LogP contribution < -0.4 is 21.3 Å². The largest absolute Gasteiger partial charge is 0.352 e. The van der Waals surface area contributed by atoms with E-state index >= 15 is 0 Å². The molecule has 0 saturated heterocycles. The highest BCUT2D eigenvalue weighted by Crippen LogP contribution is 2.37. The van der Waals surface area contributed by atoms with E-state index in [2.05, 4.69) is 91.9 Å². The molecule has 0 saturated carbocycles. The van der Waals surface area contributed by atoms with E-state index in [1.807, 2.05) is 147 Å². The van der Waals surface area contributed by atoms with Gasteiger partial charge in [-0.15, -0.1) is 0 Å². The lowest BCUT2D eigenvalue weighted by molar-refractivity contribution is 0.0942. The quantitative estimate of drug-likeness (QED) is 0.0320. The molecule has 2 aromatic heterocycles. The lowest BCUT2D eigenvalue weighted by Crippen LogP contribution is -2.31. The number of likely N-dealkylation sites (N-methyl/N-ethyl adjacent to an activating group) is 2. The van der Waals surface area contributed by atoms with Crippen LogP contribution in [-0.2, 0) is 12.8 Å². The third kappa shape index (κ3) is 14.2. The van der Waals surface area contributed by atoms with Crippen molar-refractivity contribution in [3.8, 4) is 45.0 Å². The maximum absolute atomic E-state index is 13.1. The Kier molecular flexibility index (Phi) is 17.9. The van der Waals surface area contributed by atoms with Crippen LogP contribution in [0.2, 0.25) is 0 Å². The zero-order valence-electron chi connectivity index (χ0n) is 50.7. The number of nitrogens with one attached hydrogen (secondary N) is 6. The van der Waals surface area contributed by atoms with E-state index in [0.717, 1.165) is 170 Å². The van der Waals surface area contributed by atoms with Crippen molar-refractivity contribution < 1.29 is 19.2 Å². The predicted molar refractivity (Wildman–Crippen MR) is 356 cm³/mol. The highest BCUT2D eigenvalue weighted by molar-refractivity contribution is 6.09. The smallest absolute Gasteiger partial charge is 0.251 e. The van der Waals surface area contributed by atoms with Gasteiger partial charge >= 0.3 is 0 Å². The lowest BCUT2D eigenvalue weighted by atomic mass is 9.99. The number of unbranched alkanes of at least 4 members (excludes halogenated alkanes) is 4. The van der Waals surface area contributed by atoms with Gasteiger partial charge in [-0.05, 0) is 170 Å². The normalized spacial score (nSPS) is 12.5. The molecule has 6 N–H and O–H groups in total. The fourth-order valence-corrected chi connectivity index (χ4v) is 11.3. The van der Waals surface area contributed by atoms with Crippen LogP contribution >= 0.6 is 0 Å². The van der Waals surface area contributed by atoms with E-state index in [9.17, 15) is 19.2 Å². The van der Waals surface area contributed by atoms with E-state index < -0.39 is 0 Å². The van der Waals surface area contributed by atoms with Crippen LogP contribution in [0.4, 0.5) is 11.4 Å². The highest BCUT2D eigenvalue weighted by atomic mass is 16.2. The van der Waals surface area contributed by atoms with E-state index in [1.165, 1.54) is 0 Å². The van der Waals surface area contributed by atoms with Gasteiger partial charge in [-0.2, -0.15) is 0 Å². The number of benzene rings is 8. The van der Waals surface area contributed by atoms with Crippen molar-refractivity contribution >= 4 is 68.5 Å². The third-order valence-corrected chi connectivity index (χ3v) is 16.4. The number of hydrogen-bond donors (Lipinski definition) is 6. The number of amides is 4. The van der Waals surface area contributed by atoms with Crippen molar-refractivity contribution in [2.24, 2.45) is 9.98 Å². The molecule has 0 aliphatic carbocycles. The first-order valence-corrected chi connectivity index (χ1v) is 30.6. The summed E-state index contributed by atoms with van der Waals surface area (Å²) >= 11 is 0. The molecular formula is C73H72N12O4. The van der Waals surface area contributed by atoms with Crippen molar-refractivity contribution in [2.45, 2.75) is 44.9 Å². The van der Waals surface area contributed by atoms with Crippen LogP contribution in [0.15, 0.2) is 180 Å². The molecule has 0 fully saturated rings. The summed E-state index contributed by atoms with van der Waals surface area (Å²) in [6.07, 6.45) is 6.19. The predicted octanol–water partition coefficient (Wildman–Crippen LogP) is 12.2. The number of aliphatic imine (C=N–C) groups is 2. The first-order valence-electron chi connectivity index (χ1n) is 30.6. The molecule has 10 aromatic rings. The van der Waals surface area contributed by atoms with Gasteiger partial charge in [0, 0.05) is 85.5 Å². The molecule has 2 aliphatic rings. The number of fused-ring (bicyclic) bond motifs is 4. The Balaban J connectivity index is 0.547. The molecule has 4 heterocycles. The fourth-order valence-electron chi connectivity index (χ4n) is 11.3. The maximum Gasteiger partial charge on any atom is 0.251 e. The van der Waals surface area contributed by atoms with Gasteiger partial charge in [-0.3, -0.25) is 29.2 Å². The maximum atomic E-state index is 13.1.